The van der Waals surface area contributed by atoms with Crippen molar-refractivity contribution in [2.45, 2.75) is 50.0 Å². The highest BCUT2D eigenvalue weighted by atomic mass is 35.5. The van der Waals surface area contributed by atoms with Crippen LogP contribution >= 0.6 is 12.4 Å². The van der Waals surface area contributed by atoms with Gasteiger partial charge in [-0.25, -0.2) is 13.1 Å². The Hall–Kier alpha value is -0.820. The highest BCUT2D eigenvalue weighted by Crippen LogP contribution is 2.34. The van der Waals surface area contributed by atoms with Crippen molar-refractivity contribution in [3.8, 4) is 5.75 Å². The number of benzene rings is 1. The number of hydrogen-bond acceptors (Lipinski definition) is 4. The van der Waals surface area contributed by atoms with Crippen LogP contribution in [-0.4, -0.2) is 27.1 Å². The van der Waals surface area contributed by atoms with Crippen molar-refractivity contribution in [1.82, 2.24) is 4.72 Å². The third-order valence-electron chi connectivity index (χ3n) is 4.60. The first-order valence-electron chi connectivity index (χ1n) is 7.90. The molecular formula is C16H27ClN2O3S. The summed E-state index contributed by atoms with van der Waals surface area (Å²) in [6.07, 6.45) is 3.94. The zero-order valence-electron chi connectivity index (χ0n) is 13.7. The minimum absolute atomic E-state index is 0. The lowest BCUT2D eigenvalue weighted by molar-refractivity contribution is 0.191. The molecule has 0 aromatic heterocycles. The Morgan fingerprint density at radius 3 is 2.48 bits per heavy atom. The summed E-state index contributed by atoms with van der Waals surface area (Å²) < 4.78 is 33.6. The molecule has 0 saturated heterocycles. The Balaban J connectivity index is 0.00000264. The molecule has 1 saturated carbocycles. The Morgan fingerprint density at radius 1 is 1.30 bits per heavy atom. The number of ether oxygens (including phenoxy) is 1. The Kier molecular flexibility index (Phi) is 7.32. The molecule has 3 N–H and O–H groups in total. The summed E-state index contributed by atoms with van der Waals surface area (Å²) in [6.45, 7) is 4.84. The summed E-state index contributed by atoms with van der Waals surface area (Å²) in [6, 6.07) is 6.50. The van der Waals surface area contributed by atoms with Gasteiger partial charge in [0.2, 0.25) is 10.0 Å². The van der Waals surface area contributed by atoms with Gasteiger partial charge in [0.05, 0.1) is 11.5 Å². The van der Waals surface area contributed by atoms with Crippen molar-refractivity contribution < 1.29 is 13.2 Å². The van der Waals surface area contributed by atoms with Gasteiger partial charge in [-0.1, -0.05) is 19.8 Å². The monoisotopic (exact) mass is 362 g/mol. The second-order valence-corrected chi connectivity index (χ2v) is 7.70. The van der Waals surface area contributed by atoms with Crippen molar-refractivity contribution >= 4 is 22.4 Å². The van der Waals surface area contributed by atoms with Gasteiger partial charge in [-0.15, -0.1) is 12.4 Å². The summed E-state index contributed by atoms with van der Waals surface area (Å²) in [5.41, 5.74) is 5.40. The topological polar surface area (TPSA) is 81.4 Å². The lowest BCUT2D eigenvalue weighted by Crippen LogP contribution is -2.58. The second-order valence-electron chi connectivity index (χ2n) is 6.02. The van der Waals surface area contributed by atoms with Crippen LogP contribution in [0.3, 0.4) is 0 Å². The van der Waals surface area contributed by atoms with Gasteiger partial charge in [-0.05, 0) is 49.9 Å². The zero-order chi connectivity index (χ0) is 16.2. The van der Waals surface area contributed by atoms with Gasteiger partial charge < -0.3 is 10.5 Å². The molecule has 5 nitrogen and oxygen atoms in total. The third kappa shape index (κ3) is 4.59. The van der Waals surface area contributed by atoms with E-state index in [4.69, 9.17) is 10.5 Å². The van der Waals surface area contributed by atoms with Gasteiger partial charge in [0.15, 0.2) is 0 Å². The molecule has 2 rings (SSSR count). The van der Waals surface area contributed by atoms with Crippen LogP contribution in [0, 0.1) is 5.92 Å². The van der Waals surface area contributed by atoms with Crippen LogP contribution in [0.4, 0.5) is 0 Å². The van der Waals surface area contributed by atoms with Gasteiger partial charge in [-0.2, -0.15) is 0 Å². The number of rotatable bonds is 6. The maximum atomic E-state index is 12.7. The number of hydrogen-bond donors (Lipinski definition) is 2. The number of nitrogens with two attached hydrogens (primary N) is 1. The van der Waals surface area contributed by atoms with E-state index in [0.717, 1.165) is 25.7 Å². The van der Waals surface area contributed by atoms with E-state index >= 15 is 0 Å². The normalized spacial score (nSPS) is 24.7. The lowest BCUT2D eigenvalue weighted by Gasteiger charge is -2.42. The number of sulfonamides is 1. The lowest BCUT2D eigenvalue weighted by atomic mass is 9.74. The molecule has 1 aromatic rings. The van der Waals surface area contributed by atoms with Crippen molar-refractivity contribution in [1.29, 1.82) is 0 Å². The predicted molar refractivity (Wildman–Crippen MR) is 94.6 cm³/mol. The van der Waals surface area contributed by atoms with E-state index in [2.05, 4.69) is 11.6 Å². The molecule has 0 radical (unpaired) electrons. The fourth-order valence-electron chi connectivity index (χ4n) is 3.12. The molecule has 23 heavy (non-hydrogen) atoms. The highest BCUT2D eigenvalue weighted by molar-refractivity contribution is 7.89. The van der Waals surface area contributed by atoms with Crippen LogP contribution < -0.4 is 15.2 Å². The van der Waals surface area contributed by atoms with E-state index < -0.39 is 15.6 Å². The first-order chi connectivity index (χ1) is 10.4. The molecule has 1 aliphatic rings. The van der Waals surface area contributed by atoms with Crippen LogP contribution in [0.2, 0.25) is 0 Å². The number of halogens is 1. The zero-order valence-corrected chi connectivity index (χ0v) is 15.4. The van der Waals surface area contributed by atoms with E-state index in [-0.39, 0.29) is 23.2 Å². The maximum Gasteiger partial charge on any atom is 0.241 e. The van der Waals surface area contributed by atoms with Crippen LogP contribution in [0.25, 0.3) is 0 Å². The minimum Gasteiger partial charge on any atom is -0.494 e. The van der Waals surface area contributed by atoms with Crippen molar-refractivity contribution in [2.75, 3.05) is 13.2 Å². The van der Waals surface area contributed by atoms with Gasteiger partial charge in [0.1, 0.15) is 5.75 Å². The van der Waals surface area contributed by atoms with Crippen LogP contribution in [0.1, 0.15) is 39.5 Å². The molecule has 0 aliphatic heterocycles. The third-order valence-corrected chi connectivity index (χ3v) is 6.17. The molecule has 7 heteroatoms. The van der Waals surface area contributed by atoms with Crippen LogP contribution in [-0.2, 0) is 10.0 Å². The molecular weight excluding hydrogens is 336 g/mol. The molecule has 0 spiro atoms. The molecule has 0 amide bonds. The van der Waals surface area contributed by atoms with Gasteiger partial charge in [0, 0.05) is 12.1 Å². The molecule has 132 valence electrons. The highest BCUT2D eigenvalue weighted by Gasteiger charge is 2.40. The predicted octanol–water partition coefficient (Wildman–Crippen LogP) is 2.69. The summed E-state index contributed by atoms with van der Waals surface area (Å²) in [5.74, 6) is 0.907. The molecule has 0 bridgehead atoms. The molecule has 1 fully saturated rings. The maximum absolute atomic E-state index is 12.7. The Bertz CT molecular complexity index is 592. The fourth-order valence-corrected chi connectivity index (χ4v) is 4.65. The average Bonchev–Trinajstić information content (AvgIpc) is 2.50. The summed E-state index contributed by atoms with van der Waals surface area (Å²) in [7, 11) is -3.58. The number of nitrogens with one attached hydrogen (secondary N) is 1. The van der Waals surface area contributed by atoms with Gasteiger partial charge >= 0.3 is 0 Å². The molecule has 1 aliphatic carbocycles. The molecule has 2 atom stereocenters. The smallest absolute Gasteiger partial charge is 0.241 e. The molecule has 1 aromatic carbocycles. The van der Waals surface area contributed by atoms with E-state index in [0.29, 0.717) is 18.9 Å². The SMILES string of the molecule is CCOc1ccc(S(=O)(=O)NC2(CN)CCCCC2C)cc1.Cl. The summed E-state index contributed by atoms with van der Waals surface area (Å²) in [5, 5.41) is 0. The quantitative estimate of drug-likeness (QED) is 0.815. The van der Waals surface area contributed by atoms with Crippen molar-refractivity contribution in [3.63, 3.8) is 0 Å². The van der Waals surface area contributed by atoms with E-state index in [1.165, 1.54) is 0 Å². The first kappa shape index (κ1) is 20.2. The fraction of sp³-hybridized carbons (Fsp3) is 0.625. The second kappa shape index (κ2) is 8.33. The molecule has 0 heterocycles. The summed E-state index contributed by atoms with van der Waals surface area (Å²) >= 11 is 0. The largest absolute Gasteiger partial charge is 0.494 e. The first-order valence-corrected chi connectivity index (χ1v) is 9.39. The minimum atomic E-state index is -3.58. The van der Waals surface area contributed by atoms with Crippen LogP contribution in [0.15, 0.2) is 29.2 Å². The van der Waals surface area contributed by atoms with E-state index in [1.54, 1.807) is 24.3 Å². The Morgan fingerprint density at radius 2 is 1.96 bits per heavy atom. The average molecular weight is 363 g/mol. The van der Waals surface area contributed by atoms with Crippen molar-refractivity contribution in [2.24, 2.45) is 11.7 Å². The molecule has 2 unspecified atom stereocenters. The summed E-state index contributed by atoms with van der Waals surface area (Å²) in [4.78, 5) is 0.251. The standard InChI is InChI=1S/C16H26N2O3S.ClH/c1-3-21-14-7-9-15(10-8-14)22(19,20)18-16(12-17)11-5-4-6-13(16)2;/h7-10,13,18H,3-6,11-12,17H2,1-2H3;1H. The van der Waals surface area contributed by atoms with E-state index in [1.807, 2.05) is 6.92 Å². The van der Waals surface area contributed by atoms with Crippen LogP contribution in [0.5, 0.6) is 5.75 Å². The van der Waals surface area contributed by atoms with Gasteiger partial charge in [-0.3, -0.25) is 0 Å². The van der Waals surface area contributed by atoms with Crippen molar-refractivity contribution in [3.05, 3.63) is 24.3 Å². The van der Waals surface area contributed by atoms with Gasteiger partial charge in [0.25, 0.3) is 0 Å². The Labute approximate surface area is 145 Å². The van der Waals surface area contributed by atoms with E-state index in [9.17, 15) is 8.42 Å².